The summed E-state index contributed by atoms with van der Waals surface area (Å²) in [5, 5.41) is 0. The molecule has 2 rings (SSSR count). The fourth-order valence-electron chi connectivity index (χ4n) is 1.61. The van der Waals surface area contributed by atoms with Crippen LogP contribution in [-0.4, -0.2) is 20.5 Å². The number of hydrogen-bond donors (Lipinski definition) is 1. The highest BCUT2D eigenvalue weighted by atomic mass is 79.9. The van der Waals surface area contributed by atoms with E-state index in [2.05, 4.69) is 41.6 Å². The molecule has 21 heavy (non-hydrogen) atoms. The smallest absolute Gasteiger partial charge is 0.242 e. The van der Waals surface area contributed by atoms with Crippen LogP contribution in [-0.2, 0) is 16.6 Å². The van der Waals surface area contributed by atoms with E-state index >= 15 is 0 Å². The first kappa shape index (κ1) is 16.4. The summed E-state index contributed by atoms with van der Waals surface area (Å²) in [7, 11) is -2.11. The van der Waals surface area contributed by atoms with Crippen molar-refractivity contribution in [1.29, 1.82) is 0 Å². The number of nitrogens with zero attached hydrogens (tertiary/aromatic N) is 1. The van der Waals surface area contributed by atoms with Gasteiger partial charge in [0.1, 0.15) is 0 Å². The maximum Gasteiger partial charge on any atom is 0.242 e. The molecule has 1 heterocycles. The van der Waals surface area contributed by atoms with Crippen molar-refractivity contribution in [2.45, 2.75) is 11.4 Å². The van der Waals surface area contributed by atoms with Crippen LogP contribution in [0.4, 0.5) is 0 Å². The fourth-order valence-corrected chi connectivity index (χ4v) is 4.13. The molecule has 112 valence electrons. The van der Waals surface area contributed by atoms with Gasteiger partial charge >= 0.3 is 0 Å². The van der Waals surface area contributed by atoms with Crippen LogP contribution in [0.5, 0.6) is 5.88 Å². The minimum absolute atomic E-state index is 0.153. The molecule has 0 aliphatic rings. The van der Waals surface area contributed by atoms with Crippen molar-refractivity contribution in [3.8, 4) is 5.88 Å². The minimum Gasteiger partial charge on any atom is -0.481 e. The van der Waals surface area contributed by atoms with Crippen LogP contribution in [0.3, 0.4) is 0 Å². The van der Waals surface area contributed by atoms with Crippen molar-refractivity contribution < 1.29 is 13.2 Å². The van der Waals surface area contributed by atoms with Gasteiger partial charge in [0.2, 0.25) is 15.9 Å². The number of methoxy groups -OCH3 is 1. The van der Waals surface area contributed by atoms with E-state index < -0.39 is 10.0 Å². The lowest BCUT2D eigenvalue weighted by atomic mass is 10.3. The molecule has 2 aromatic rings. The van der Waals surface area contributed by atoms with Gasteiger partial charge in [0.15, 0.2) is 0 Å². The van der Waals surface area contributed by atoms with Crippen molar-refractivity contribution in [2.75, 3.05) is 7.11 Å². The van der Waals surface area contributed by atoms with Gasteiger partial charge in [-0.05, 0) is 45.8 Å². The summed E-state index contributed by atoms with van der Waals surface area (Å²) in [5.74, 6) is 0.440. The van der Waals surface area contributed by atoms with E-state index in [4.69, 9.17) is 4.74 Å². The monoisotopic (exact) mass is 434 g/mol. The molecule has 0 aliphatic carbocycles. The van der Waals surface area contributed by atoms with Crippen molar-refractivity contribution in [3.63, 3.8) is 0 Å². The molecular weight excluding hydrogens is 424 g/mol. The Hall–Kier alpha value is -0.960. The van der Waals surface area contributed by atoms with Gasteiger partial charge in [-0.25, -0.2) is 18.1 Å². The highest BCUT2D eigenvalue weighted by Gasteiger charge is 2.17. The molecule has 1 N–H and O–H groups in total. The second kappa shape index (κ2) is 6.87. The number of aromatic nitrogens is 1. The molecular formula is C13H12Br2N2O3S. The van der Waals surface area contributed by atoms with E-state index in [1.807, 2.05) is 0 Å². The number of rotatable bonds is 5. The Balaban J connectivity index is 2.19. The minimum atomic E-state index is -3.62. The molecule has 0 fully saturated rings. The normalized spacial score (nSPS) is 11.4. The predicted octanol–water partition coefficient (Wildman–Crippen LogP) is 3.09. The number of sulfonamides is 1. The van der Waals surface area contributed by atoms with E-state index in [0.29, 0.717) is 14.8 Å². The Morgan fingerprint density at radius 1 is 1.24 bits per heavy atom. The Bertz CT molecular complexity index is 751. The van der Waals surface area contributed by atoms with Gasteiger partial charge in [-0.15, -0.1) is 0 Å². The number of pyridine rings is 1. The second-order valence-corrected chi connectivity index (χ2v) is 7.61. The lowest BCUT2D eigenvalue weighted by Crippen LogP contribution is -2.23. The molecule has 0 bridgehead atoms. The zero-order valence-electron chi connectivity index (χ0n) is 11.0. The van der Waals surface area contributed by atoms with Crippen LogP contribution in [0.25, 0.3) is 0 Å². The fraction of sp³-hybridized carbons (Fsp3) is 0.154. The quantitative estimate of drug-likeness (QED) is 0.783. The third kappa shape index (κ3) is 4.26. The number of nitrogens with one attached hydrogen (secondary N) is 1. The van der Waals surface area contributed by atoms with Gasteiger partial charge in [0.05, 0.1) is 12.0 Å². The number of benzene rings is 1. The maximum absolute atomic E-state index is 12.3. The molecule has 1 aromatic heterocycles. The largest absolute Gasteiger partial charge is 0.481 e. The molecule has 0 aliphatic heterocycles. The van der Waals surface area contributed by atoms with Gasteiger partial charge in [-0.3, -0.25) is 0 Å². The summed E-state index contributed by atoms with van der Waals surface area (Å²) in [6.45, 7) is 0.153. The summed E-state index contributed by atoms with van der Waals surface area (Å²) in [6.07, 6.45) is 1.57. The highest BCUT2D eigenvalue weighted by molar-refractivity contribution is 9.11. The molecule has 0 saturated carbocycles. The zero-order chi connectivity index (χ0) is 15.5. The molecule has 0 unspecified atom stereocenters. The molecule has 0 saturated heterocycles. The average molecular weight is 436 g/mol. The van der Waals surface area contributed by atoms with E-state index in [0.717, 1.165) is 5.56 Å². The van der Waals surface area contributed by atoms with Crippen molar-refractivity contribution in [1.82, 2.24) is 9.71 Å². The van der Waals surface area contributed by atoms with E-state index in [-0.39, 0.29) is 11.4 Å². The Labute approximate surface area is 140 Å². The summed E-state index contributed by atoms with van der Waals surface area (Å²) in [5.41, 5.74) is 0.761. The van der Waals surface area contributed by atoms with Gasteiger partial charge in [-0.2, -0.15) is 0 Å². The topological polar surface area (TPSA) is 68.3 Å². The maximum atomic E-state index is 12.3. The molecule has 0 atom stereocenters. The van der Waals surface area contributed by atoms with Crippen LogP contribution in [0.15, 0.2) is 50.4 Å². The second-order valence-electron chi connectivity index (χ2n) is 4.11. The van der Waals surface area contributed by atoms with Crippen LogP contribution in [0, 0.1) is 0 Å². The van der Waals surface area contributed by atoms with Crippen LogP contribution in [0.1, 0.15) is 5.56 Å². The number of halogens is 2. The van der Waals surface area contributed by atoms with E-state index in [1.54, 1.807) is 36.5 Å². The lowest BCUT2D eigenvalue weighted by Gasteiger charge is -2.09. The van der Waals surface area contributed by atoms with Crippen molar-refractivity contribution in [3.05, 3.63) is 51.0 Å². The van der Waals surface area contributed by atoms with Crippen LogP contribution in [0.2, 0.25) is 0 Å². The Kier molecular flexibility index (Phi) is 5.37. The van der Waals surface area contributed by atoms with Crippen LogP contribution < -0.4 is 9.46 Å². The Morgan fingerprint density at radius 2 is 2.00 bits per heavy atom. The summed E-state index contributed by atoms with van der Waals surface area (Å²) >= 11 is 6.51. The third-order valence-corrected chi connectivity index (χ3v) is 5.55. The van der Waals surface area contributed by atoms with Crippen molar-refractivity contribution in [2.24, 2.45) is 0 Å². The molecule has 1 aromatic carbocycles. The lowest BCUT2D eigenvalue weighted by molar-refractivity contribution is 0.397. The average Bonchev–Trinajstić information content (AvgIpc) is 2.48. The highest BCUT2D eigenvalue weighted by Crippen LogP contribution is 2.25. The summed E-state index contributed by atoms with van der Waals surface area (Å²) in [6, 6.07) is 8.38. The standard InChI is InChI=1S/C13H12Br2N2O3S/c1-20-13-6-9(4-5-16-13)8-17-21(18,19)12-7-10(14)2-3-11(12)15/h2-7,17H,8H2,1H3. The molecule has 0 radical (unpaired) electrons. The van der Waals surface area contributed by atoms with E-state index in [9.17, 15) is 8.42 Å². The van der Waals surface area contributed by atoms with Gasteiger partial charge in [-0.1, -0.05) is 15.9 Å². The number of ether oxygens (including phenoxy) is 1. The molecule has 0 amide bonds. The van der Waals surface area contributed by atoms with Gasteiger partial charge in [0.25, 0.3) is 0 Å². The zero-order valence-corrected chi connectivity index (χ0v) is 15.0. The van der Waals surface area contributed by atoms with Crippen LogP contribution >= 0.6 is 31.9 Å². The molecule has 8 heteroatoms. The molecule has 5 nitrogen and oxygen atoms in total. The number of hydrogen-bond acceptors (Lipinski definition) is 4. The molecule has 0 spiro atoms. The predicted molar refractivity (Wildman–Crippen MR) is 86.7 cm³/mol. The first-order valence-corrected chi connectivity index (χ1v) is 8.93. The summed E-state index contributed by atoms with van der Waals surface area (Å²) in [4.78, 5) is 4.15. The first-order valence-electron chi connectivity index (χ1n) is 5.86. The third-order valence-electron chi connectivity index (χ3n) is 2.66. The van der Waals surface area contributed by atoms with Gasteiger partial charge in [0, 0.05) is 27.8 Å². The van der Waals surface area contributed by atoms with Crippen molar-refractivity contribution >= 4 is 41.9 Å². The SMILES string of the molecule is COc1cc(CNS(=O)(=O)c2cc(Br)ccc2Br)ccn1. The first-order chi connectivity index (χ1) is 9.92. The van der Waals surface area contributed by atoms with E-state index in [1.165, 1.54) is 7.11 Å². The Morgan fingerprint density at radius 3 is 2.71 bits per heavy atom. The van der Waals surface area contributed by atoms with Gasteiger partial charge < -0.3 is 4.74 Å². The summed E-state index contributed by atoms with van der Waals surface area (Å²) < 4.78 is 33.4.